The molecule has 162 valence electrons. The van der Waals surface area contributed by atoms with Crippen molar-refractivity contribution >= 4 is 47.4 Å². The third-order valence-corrected chi connectivity index (χ3v) is 5.41. The van der Waals surface area contributed by atoms with Gasteiger partial charge in [0, 0.05) is 52.9 Å². The molecule has 1 saturated carbocycles. The number of rotatable bonds is 6. The van der Waals surface area contributed by atoms with Crippen molar-refractivity contribution in [1.29, 1.82) is 0 Å². The summed E-state index contributed by atoms with van der Waals surface area (Å²) in [6, 6.07) is 0. The van der Waals surface area contributed by atoms with Gasteiger partial charge in [0.25, 0.3) is 0 Å². The zero-order valence-corrected chi connectivity index (χ0v) is 19.6. The molecule has 0 radical (unpaired) electrons. The van der Waals surface area contributed by atoms with E-state index < -0.39 is 0 Å². The van der Waals surface area contributed by atoms with Gasteiger partial charge in [-0.1, -0.05) is 12.8 Å². The van der Waals surface area contributed by atoms with Gasteiger partial charge in [0.05, 0.1) is 11.9 Å². The van der Waals surface area contributed by atoms with Crippen molar-refractivity contribution < 1.29 is 9.59 Å². The molecule has 0 unspecified atom stereocenters. The van der Waals surface area contributed by atoms with E-state index in [0.29, 0.717) is 44.5 Å². The molecule has 2 amide bonds. The summed E-state index contributed by atoms with van der Waals surface area (Å²) >= 11 is 0. The van der Waals surface area contributed by atoms with Crippen molar-refractivity contribution in [1.82, 2.24) is 25.3 Å². The van der Waals surface area contributed by atoms with E-state index in [0.717, 1.165) is 5.69 Å². The highest BCUT2D eigenvalue weighted by molar-refractivity contribution is 14.0. The number of carbonyl (C=O) groups is 2. The van der Waals surface area contributed by atoms with Crippen LogP contribution in [-0.2, 0) is 16.6 Å². The van der Waals surface area contributed by atoms with Gasteiger partial charge in [0.2, 0.25) is 11.8 Å². The smallest absolute Gasteiger partial charge is 0.246 e. The van der Waals surface area contributed by atoms with Crippen LogP contribution in [0.1, 0.15) is 32.1 Å². The minimum atomic E-state index is 0. The monoisotopic (exact) mass is 517 g/mol. The molecule has 29 heavy (non-hydrogen) atoms. The predicted molar refractivity (Wildman–Crippen MR) is 123 cm³/mol. The number of aryl methyl sites for hydroxylation is 1. The van der Waals surface area contributed by atoms with E-state index in [4.69, 9.17) is 0 Å². The van der Waals surface area contributed by atoms with E-state index in [1.807, 2.05) is 18.1 Å². The lowest BCUT2D eigenvalue weighted by Crippen LogP contribution is -2.55. The van der Waals surface area contributed by atoms with Gasteiger partial charge in [-0.25, -0.2) is 0 Å². The number of aromatic nitrogens is 2. The zero-order valence-electron chi connectivity index (χ0n) is 17.3. The average molecular weight is 517 g/mol. The zero-order chi connectivity index (χ0) is 19.9. The van der Waals surface area contributed by atoms with E-state index in [9.17, 15) is 9.59 Å². The second kappa shape index (κ2) is 11.4. The maximum atomic E-state index is 12.5. The lowest BCUT2D eigenvalue weighted by atomic mass is 10.0. The second-order valence-electron chi connectivity index (χ2n) is 7.52. The van der Waals surface area contributed by atoms with Gasteiger partial charge >= 0.3 is 0 Å². The molecule has 3 rings (SSSR count). The maximum Gasteiger partial charge on any atom is 0.246 e. The number of carbonyl (C=O) groups excluding carboxylic acids is 2. The molecule has 0 atom stereocenters. The van der Waals surface area contributed by atoms with Gasteiger partial charge in [-0.05, 0) is 18.8 Å². The Balaban J connectivity index is 0.00000300. The summed E-state index contributed by atoms with van der Waals surface area (Å²) in [5.74, 6) is 1.39. The summed E-state index contributed by atoms with van der Waals surface area (Å²) in [4.78, 5) is 32.5. The summed E-state index contributed by atoms with van der Waals surface area (Å²) in [7, 11) is 3.54. The number of guanidine groups is 1. The Hall–Kier alpha value is -1.85. The van der Waals surface area contributed by atoms with E-state index in [1.54, 1.807) is 22.8 Å². The number of hydrogen-bond acceptors (Lipinski definition) is 4. The van der Waals surface area contributed by atoms with Crippen LogP contribution in [0, 0.1) is 5.92 Å². The molecule has 1 aliphatic heterocycles. The Labute approximate surface area is 189 Å². The first-order chi connectivity index (χ1) is 13.6. The predicted octanol–water partition coefficient (Wildman–Crippen LogP) is 0.959. The maximum absolute atomic E-state index is 12.5. The van der Waals surface area contributed by atoms with Gasteiger partial charge in [-0.15, -0.1) is 24.0 Å². The molecule has 2 fully saturated rings. The Morgan fingerprint density at radius 2 is 1.97 bits per heavy atom. The van der Waals surface area contributed by atoms with Crippen LogP contribution in [0.5, 0.6) is 0 Å². The van der Waals surface area contributed by atoms with Gasteiger partial charge in [-0.3, -0.25) is 19.3 Å². The summed E-state index contributed by atoms with van der Waals surface area (Å²) in [6.07, 6.45) is 9.04. The largest absolute Gasteiger partial charge is 0.354 e. The van der Waals surface area contributed by atoms with Crippen LogP contribution in [0.15, 0.2) is 17.4 Å². The minimum Gasteiger partial charge on any atom is -0.354 e. The fourth-order valence-corrected chi connectivity index (χ4v) is 3.93. The third-order valence-electron chi connectivity index (χ3n) is 5.41. The van der Waals surface area contributed by atoms with Gasteiger partial charge in [-0.2, -0.15) is 5.10 Å². The first kappa shape index (κ1) is 23.4. The van der Waals surface area contributed by atoms with Crippen LogP contribution in [-0.4, -0.2) is 72.2 Å². The molecule has 2 N–H and O–H groups in total. The van der Waals surface area contributed by atoms with Crippen molar-refractivity contribution in [2.75, 3.05) is 44.7 Å². The SMILES string of the molecule is CN=C(NCCNC(=O)CC1CCCC1)N1CCN(c2cnn(C)c2)C(=O)C1.I. The minimum absolute atomic E-state index is 0. The van der Waals surface area contributed by atoms with Gasteiger partial charge in [0.1, 0.15) is 6.54 Å². The van der Waals surface area contributed by atoms with Crippen molar-refractivity contribution in [3.05, 3.63) is 12.4 Å². The summed E-state index contributed by atoms with van der Waals surface area (Å²) in [6.45, 7) is 2.68. The van der Waals surface area contributed by atoms with Crippen molar-refractivity contribution in [2.45, 2.75) is 32.1 Å². The number of anilines is 1. The number of aliphatic imine (C=N–C) groups is 1. The van der Waals surface area contributed by atoms with Crippen LogP contribution in [0.4, 0.5) is 5.69 Å². The van der Waals surface area contributed by atoms with Crippen LogP contribution >= 0.6 is 24.0 Å². The van der Waals surface area contributed by atoms with E-state index in [1.165, 1.54) is 25.7 Å². The average Bonchev–Trinajstić information content (AvgIpc) is 3.33. The summed E-state index contributed by atoms with van der Waals surface area (Å²) in [5, 5.41) is 10.3. The number of amides is 2. The summed E-state index contributed by atoms with van der Waals surface area (Å²) < 4.78 is 1.69. The molecular weight excluding hydrogens is 485 g/mol. The van der Waals surface area contributed by atoms with Gasteiger partial charge < -0.3 is 20.4 Å². The quantitative estimate of drug-likeness (QED) is 0.254. The fraction of sp³-hybridized carbons (Fsp3) is 0.684. The molecule has 1 saturated heterocycles. The molecule has 2 aliphatic rings. The first-order valence-electron chi connectivity index (χ1n) is 10.1. The number of halogens is 1. The number of nitrogens with one attached hydrogen (secondary N) is 2. The first-order valence-corrected chi connectivity index (χ1v) is 10.1. The standard InChI is InChI=1S/C19H31N7O2.HI/c1-20-19(22-8-7-21-17(27)11-15-5-3-4-6-15)25-9-10-26(18(28)14-25)16-12-23-24(2)13-16;/h12-13,15H,3-11,14H2,1-2H3,(H,20,22)(H,21,27);1H. The van der Waals surface area contributed by atoms with Crippen molar-refractivity contribution in [2.24, 2.45) is 18.0 Å². The lowest BCUT2D eigenvalue weighted by molar-refractivity contribution is -0.122. The number of hydrogen-bond donors (Lipinski definition) is 2. The van der Waals surface area contributed by atoms with Crippen molar-refractivity contribution in [3.63, 3.8) is 0 Å². The summed E-state index contributed by atoms with van der Waals surface area (Å²) in [5.41, 5.74) is 0.820. The molecule has 1 aliphatic carbocycles. The molecule has 1 aromatic rings. The lowest BCUT2D eigenvalue weighted by Gasteiger charge is -2.35. The molecule has 2 heterocycles. The Bertz CT molecular complexity index is 715. The second-order valence-corrected chi connectivity index (χ2v) is 7.52. The Morgan fingerprint density at radius 3 is 2.59 bits per heavy atom. The molecule has 9 nitrogen and oxygen atoms in total. The Morgan fingerprint density at radius 1 is 1.24 bits per heavy atom. The third kappa shape index (κ3) is 6.58. The molecule has 0 aromatic carbocycles. The van der Waals surface area contributed by atoms with Crippen LogP contribution in [0.2, 0.25) is 0 Å². The molecule has 0 bridgehead atoms. The normalized spacial score (nSPS) is 18.0. The topological polar surface area (TPSA) is 94.9 Å². The fourth-order valence-electron chi connectivity index (χ4n) is 3.93. The van der Waals surface area contributed by atoms with E-state index >= 15 is 0 Å². The van der Waals surface area contributed by atoms with Gasteiger partial charge in [0.15, 0.2) is 5.96 Å². The Kier molecular flexibility index (Phi) is 9.18. The number of piperazine rings is 1. The van der Waals surface area contributed by atoms with Crippen LogP contribution < -0.4 is 15.5 Å². The molecule has 0 spiro atoms. The molecular formula is C19H32IN7O2. The number of nitrogens with zero attached hydrogens (tertiary/aromatic N) is 5. The highest BCUT2D eigenvalue weighted by atomic mass is 127. The highest BCUT2D eigenvalue weighted by Crippen LogP contribution is 2.27. The highest BCUT2D eigenvalue weighted by Gasteiger charge is 2.27. The molecule has 1 aromatic heterocycles. The molecule has 10 heteroatoms. The van der Waals surface area contributed by atoms with Crippen molar-refractivity contribution in [3.8, 4) is 0 Å². The van der Waals surface area contributed by atoms with Crippen LogP contribution in [0.25, 0.3) is 0 Å². The van der Waals surface area contributed by atoms with E-state index in [2.05, 4.69) is 20.7 Å². The van der Waals surface area contributed by atoms with Crippen LogP contribution in [0.3, 0.4) is 0 Å². The van der Waals surface area contributed by atoms with E-state index in [-0.39, 0.29) is 42.3 Å².